The zero-order valence-electron chi connectivity index (χ0n) is 12.4. The standard InChI is InChI=1S/C16H25NO2/c1-16(2,3)7-8-19-14-9-11-5-6-12(18-4)10-13(11)15(14)17/h5-6,10,14-15H,7-9,17H2,1-4H3. The van der Waals surface area contributed by atoms with Gasteiger partial charge in [-0.05, 0) is 35.1 Å². The largest absolute Gasteiger partial charge is 0.497 e. The summed E-state index contributed by atoms with van der Waals surface area (Å²) in [6.45, 7) is 7.45. The second-order valence-electron chi connectivity index (χ2n) is 6.51. The fourth-order valence-electron chi connectivity index (χ4n) is 2.42. The first-order valence-corrected chi connectivity index (χ1v) is 6.95. The van der Waals surface area contributed by atoms with Crippen LogP contribution in [-0.4, -0.2) is 19.8 Å². The van der Waals surface area contributed by atoms with E-state index in [-0.39, 0.29) is 12.1 Å². The predicted molar refractivity (Wildman–Crippen MR) is 77.4 cm³/mol. The molecular formula is C16H25NO2. The first kappa shape index (κ1) is 14.4. The number of fused-ring (bicyclic) bond motifs is 1. The Bertz CT molecular complexity index is 437. The molecule has 3 nitrogen and oxygen atoms in total. The third-order valence-electron chi connectivity index (χ3n) is 3.72. The molecule has 2 rings (SSSR count). The van der Waals surface area contributed by atoms with Gasteiger partial charge in [0.2, 0.25) is 0 Å². The molecular weight excluding hydrogens is 238 g/mol. The number of hydrogen-bond acceptors (Lipinski definition) is 3. The highest BCUT2D eigenvalue weighted by Crippen LogP contribution is 2.34. The number of hydrogen-bond donors (Lipinski definition) is 1. The van der Waals surface area contributed by atoms with Gasteiger partial charge in [0.05, 0.1) is 19.3 Å². The first-order chi connectivity index (χ1) is 8.90. The summed E-state index contributed by atoms with van der Waals surface area (Å²) < 4.78 is 11.2. The summed E-state index contributed by atoms with van der Waals surface area (Å²) in [5.74, 6) is 0.865. The van der Waals surface area contributed by atoms with Crippen molar-refractivity contribution < 1.29 is 9.47 Å². The van der Waals surface area contributed by atoms with E-state index in [0.29, 0.717) is 5.41 Å². The second kappa shape index (κ2) is 5.51. The third-order valence-corrected chi connectivity index (χ3v) is 3.72. The summed E-state index contributed by atoms with van der Waals surface area (Å²) >= 11 is 0. The van der Waals surface area contributed by atoms with Gasteiger partial charge >= 0.3 is 0 Å². The molecule has 2 N–H and O–H groups in total. The molecule has 19 heavy (non-hydrogen) atoms. The Morgan fingerprint density at radius 1 is 1.32 bits per heavy atom. The second-order valence-corrected chi connectivity index (χ2v) is 6.51. The maximum absolute atomic E-state index is 6.28. The average molecular weight is 263 g/mol. The molecule has 0 aromatic heterocycles. The van der Waals surface area contributed by atoms with E-state index in [1.54, 1.807) is 7.11 Å². The van der Waals surface area contributed by atoms with Crippen molar-refractivity contribution in [3.63, 3.8) is 0 Å². The van der Waals surface area contributed by atoms with Gasteiger partial charge in [-0.1, -0.05) is 26.8 Å². The van der Waals surface area contributed by atoms with Crippen LogP contribution in [0.15, 0.2) is 18.2 Å². The van der Waals surface area contributed by atoms with Crippen LogP contribution in [0.3, 0.4) is 0 Å². The van der Waals surface area contributed by atoms with Gasteiger partial charge in [0, 0.05) is 13.0 Å². The van der Waals surface area contributed by atoms with Crippen LogP contribution in [0.5, 0.6) is 5.75 Å². The van der Waals surface area contributed by atoms with E-state index in [0.717, 1.165) is 25.2 Å². The molecule has 0 aliphatic heterocycles. The average Bonchev–Trinajstić information content (AvgIpc) is 2.65. The molecule has 106 valence electrons. The molecule has 0 bridgehead atoms. The van der Waals surface area contributed by atoms with Crippen molar-refractivity contribution in [1.29, 1.82) is 0 Å². The van der Waals surface area contributed by atoms with E-state index < -0.39 is 0 Å². The van der Waals surface area contributed by atoms with Crippen LogP contribution in [0.2, 0.25) is 0 Å². The Labute approximate surface area is 116 Å². The lowest BCUT2D eigenvalue weighted by molar-refractivity contribution is 0.0292. The lowest BCUT2D eigenvalue weighted by Gasteiger charge is -2.22. The Kier molecular flexibility index (Phi) is 4.16. The van der Waals surface area contributed by atoms with Gasteiger partial charge in [0.25, 0.3) is 0 Å². The van der Waals surface area contributed by atoms with Crippen LogP contribution >= 0.6 is 0 Å². The minimum absolute atomic E-state index is 0.0370. The van der Waals surface area contributed by atoms with Crippen molar-refractivity contribution in [2.24, 2.45) is 11.1 Å². The van der Waals surface area contributed by atoms with E-state index in [4.69, 9.17) is 15.2 Å². The zero-order valence-corrected chi connectivity index (χ0v) is 12.4. The van der Waals surface area contributed by atoms with Gasteiger partial charge in [-0.25, -0.2) is 0 Å². The molecule has 0 saturated heterocycles. The molecule has 1 aromatic carbocycles. The van der Waals surface area contributed by atoms with Crippen molar-refractivity contribution in [3.05, 3.63) is 29.3 Å². The van der Waals surface area contributed by atoms with Crippen LogP contribution in [0.4, 0.5) is 0 Å². The van der Waals surface area contributed by atoms with Crippen LogP contribution in [0.1, 0.15) is 44.4 Å². The molecule has 0 radical (unpaired) electrons. The van der Waals surface area contributed by atoms with Crippen LogP contribution in [0.25, 0.3) is 0 Å². The molecule has 0 amide bonds. The lowest BCUT2D eigenvalue weighted by Crippen LogP contribution is -2.26. The first-order valence-electron chi connectivity index (χ1n) is 6.95. The summed E-state index contributed by atoms with van der Waals surface area (Å²) in [6.07, 6.45) is 2.06. The number of methoxy groups -OCH3 is 1. The molecule has 1 aromatic rings. The smallest absolute Gasteiger partial charge is 0.119 e. The van der Waals surface area contributed by atoms with Crippen molar-refractivity contribution in [2.75, 3.05) is 13.7 Å². The summed E-state index contributed by atoms with van der Waals surface area (Å²) in [6, 6.07) is 6.09. The van der Waals surface area contributed by atoms with Gasteiger partial charge in [-0.15, -0.1) is 0 Å². The number of nitrogens with two attached hydrogens (primary N) is 1. The van der Waals surface area contributed by atoms with E-state index in [9.17, 15) is 0 Å². The summed E-state index contributed by atoms with van der Waals surface area (Å²) in [4.78, 5) is 0. The maximum atomic E-state index is 6.28. The van der Waals surface area contributed by atoms with Crippen molar-refractivity contribution in [1.82, 2.24) is 0 Å². The molecule has 3 heteroatoms. The molecule has 2 atom stereocenters. The van der Waals surface area contributed by atoms with E-state index >= 15 is 0 Å². The van der Waals surface area contributed by atoms with Crippen LogP contribution < -0.4 is 10.5 Å². The number of rotatable bonds is 4. The SMILES string of the molecule is COc1ccc2c(c1)C(N)C(OCCC(C)(C)C)C2. The summed E-state index contributed by atoms with van der Waals surface area (Å²) in [5, 5.41) is 0. The molecule has 0 fully saturated rings. The van der Waals surface area contributed by atoms with Gasteiger partial charge in [0.1, 0.15) is 5.75 Å². The molecule has 0 heterocycles. The van der Waals surface area contributed by atoms with Crippen molar-refractivity contribution in [2.45, 2.75) is 45.8 Å². The molecule has 0 saturated carbocycles. The zero-order chi connectivity index (χ0) is 14.0. The highest BCUT2D eigenvalue weighted by molar-refractivity contribution is 5.42. The molecule has 2 unspecified atom stereocenters. The minimum Gasteiger partial charge on any atom is -0.497 e. The number of ether oxygens (including phenoxy) is 2. The summed E-state index contributed by atoms with van der Waals surface area (Å²) in [7, 11) is 1.68. The summed E-state index contributed by atoms with van der Waals surface area (Å²) in [5.41, 5.74) is 9.04. The molecule has 0 spiro atoms. The fraction of sp³-hybridized carbons (Fsp3) is 0.625. The highest BCUT2D eigenvalue weighted by atomic mass is 16.5. The maximum Gasteiger partial charge on any atom is 0.119 e. The Balaban J connectivity index is 1.97. The number of benzene rings is 1. The predicted octanol–water partition coefficient (Wildman–Crippen LogP) is 3.07. The molecule has 1 aliphatic rings. The Hall–Kier alpha value is -1.06. The van der Waals surface area contributed by atoms with Crippen molar-refractivity contribution >= 4 is 0 Å². The van der Waals surface area contributed by atoms with Gasteiger partial charge < -0.3 is 15.2 Å². The van der Waals surface area contributed by atoms with Gasteiger partial charge in [0.15, 0.2) is 0 Å². The highest BCUT2D eigenvalue weighted by Gasteiger charge is 2.30. The van der Waals surface area contributed by atoms with Crippen LogP contribution in [0, 0.1) is 5.41 Å². The topological polar surface area (TPSA) is 44.5 Å². The van der Waals surface area contributed by atoms with Crippen LogP contribution in [-0.2, 0) is 11.2 Å². The third kappa shape index (κ3) is 3.48. The van der Waals surface area contributed by atoms with Gasteiger partial charge in [-0.2, -0.15) is 0 Å². The quantitative estimate of drug-likeness (QED) is 0.908. The van der Waals surface area contributed by atoms with E-state index in [1.165, 1.54) is 11.1 Å². The Morgan fingerprint density at radius 3 is 2.68 bits per heavy atom. The van der Waals surface area contributed by atoms with Crippen molar-refractivity contribution in [3.8, 4) is 5.75 Å². The normalized spacial score (nSPS) is 22.4. The molecule has 1 aliphatic carbocycles. The van der Waals surface area contributed by atoms with Gasteiger partial charge in [-0.3, -0.25) is 0 Å². The Morgan fingerprint density at radius 2 is 2.05 bits per heavy atom. The van der Waals surface area contributed by atoms with E-state index in [1.807, 2.05) is 12.1 Å². The van der Waals surface area contributed by atoms with E-state index in [2.05, 4.69) is 26.8 Å². The minimum atomic E-state index is -0.0370. The lowest BCUT2D eigenvalue weighted by atomic mass is 9.93. The monoisotopic (exact) mass is 263 g/mol. The fourth-order valence-corrected chi connectivity index (χ4v) is 2.42.